The Kier molecular flexibility index (Phi) is 4.98. The quantitative estimate of drug-likeness (QED) is 0.709. The van der Waals surface area contributed by atoms with Gasteiger partial charge in [0.05, 0.1) is 18.3 Å². The number of carbonyl (C=O) groups is 1. The molecule has 8 heteroatoms. The number of nitriles is 1. The molecule has 2 unspecified atom stereocenters. The summed E-state index contributed by atoms with van der Waals surface area (Å²) in [5.41, 5.74) is 1.02. The summed E-state index contributed by atoms with van der Waals surface area (Å²) in [5.74, 6) is 1.66. The number of nitrogens with zero attached hydrogens (tertiary/aromatic N) is 5. The number of rotatable bonds is 6. The number of amides is 1. The number of likely N-dealkylation sites (tertiary alicyclic amines) is 1. The minimum Gasteiger partial charge on any atom is -0.496 e. The summed E-state index contributed by atoms with van der Waals surface area (Å²) in [4.78, 5) is 25.9. The molecule has 2 aromatic heterocycles. The Morgan fingerprint density at radius 1 is 1.23 bits per heavy atom. The maximum Gasteiger partial charge on any atom is 0.248 e. The second-order valence-corrected chi connectivity index (χ2v) is 8.47. The lowest BCUT2D eigenvalue weighted by Crippen LogP contribution is -2.56. The smallest absolute Gasteiger partial charge is 0.248 e. The second kappa shape index (κ2) is 7.82. The lowest BCUT2D eigenvalue weighted by atomic mass is 10.1. The number of piperazine rings is 1. The van der Waals surface area contributed by atoms with Crippen molar-refractivity contribution in [2.24, 2.45) is 0 Å². The molecule has 1 aliphatic carbocycles. The molecule has 2 saturated heterocycles. The maximum absolute atomic E-state index is 13.0. The summed E-state index contributed by atoms with van der Waals surface area (Å²) in [6.07, 6.45) is 8.89. The lowest BCUT2D eigenvalue weighted by Gasteiger charge is -2.41. The maximum atomic E-state index is 13.0. The van der Waals surface area contributed by atoms with Crippen molar-refractivity contribution in [1.82, 2.24) is 14.9 Å². The molecule has 2 aliphatic heterocycles. The van der Waals surface area contributed by atoms with Gasteiger partial charge in [-0.2, -0.15) is 5.26 Å². The number of hydrogen-bond donors (Lipinski definition) is 0. The third-order valence-corrected chi connectivity index (χ3v) is 6.64. The number of anilines is 1. The zero-order chi connectivity index (χ0) is 21.4. The van der Waals surface area contributed by atoms with Crippen molar-refractivity contribution < 1.29 is 14.3 Å². The summed E-state index contributed by atoms with van der Waals surface area (Å²) in [7, 11) is 1.64. The van der Waals surface area contributed by atoms with Crippen LogP contribution in [0, 0.1) is 11.3 Å². The molecule has 0 spiro atoms. The summed E-state index contributed by atoms with van der Waals surface area (Å²) in [6.45, 7) is 1.40. The van der Waals surface area contributed by atoms with Gasteiger partial charge in [0.15, 0.2) is 0 Å². The molecule has 4 heterocycles. The fraction of sp³-hybridized carbons (Fsp3) is 0.478. The number of carbonyl (C=O) groups excluding carboxylic acids is 1. The van der Waals surface area contributed by atoms with Gasteiger partial charge in [-0.15, -0.1) is 0 Å². The van der Waals surface area contributed by atoms with E-state index in [9.17, 15) is 4.79 Å². The highest BCUT2D eigenvalue weighted by atomic mass is 16.5. The van der Waals surface area contributed by atoms with Crippen LogP contribution in [0.1, 0.15) is 36.8 Å². The van der Waals surface area contributed by atoms with Crippen molar-refractivity contribution in [1.29, 1.82) is 5.26 Å². The van der Waals surface area contributed by atoms with Gasteiger partial charge in [-0.3, -0.25) is 9.78 Å². The second-order valence-electron chi connectivity index (χ2n) is 8.47. The van der Waals surface area contributed by atoms with E-state index in [-0.39, 0.29) is 24.6 Å². The molecule has 0 radical (unpaired) electrons. The molecule has 2 aromatic rings. The highest BCUT2D eigenvalue weighted by Crippen LogP contribution is 2.52. The van der Waals surface area contributed by atoms with Gasteiger partial charge in [0.25, 0.3) is 0 Å². The third kappa shape index (κ3) is 3.59. The van der Waals surface area contributed by atoms with E-state index in [4.69, 9.17) is 14.7 Å². The van der Waals surface area contributed by atoms with E-state index in [1.807, 2.05) is 17.0 Å². The average Bonchev–Trinajstić information content (AvgIpc) is 3.56. The molecule has 0 aromatic carbocycles. The third-order valence-electron chi connectivity index (χ3n) is 6.64. The van der Waals surface area contributed by atoms with Crippen molar-refractivity contribution in [2.75, 3.05) is 31.7 Å². The van der Waals surface area contributed by atoms with Crippen LogP contribution in [0.2, 0.25) is 0 Å². The van der Waals surface area contributed by atoms with Gasteiger partial charge in [-0.25, -0.2) is 4.98 Å². The molecular weight excluding hydrogens is 394 g/mol. The van der Waals surface area contributed by atoms with Crippen molar-refractivity contribution in [3.05, 3.63) is 47.9 Å². The molecule has 2 atom stereocenters. The fourth-order valence-corrected chi connectivity index (χ4v) is 4.88. The van der Waals surface area contributed by atoms with Gasteiger partial charge in [0.2, 0.25) is 5.91 Å². The highest BCUT2D eigenvalue weighted by molar-refractivity contribution is 5.78. The average molecular weight is 419 g/mol. The van der Waals surface area contributed by atoms with Gasteiger partial charge in [0, 0.05) is 49.3 Å². The van der Waals surface area contributed by atoms with Crippen molar-refractivity contribution in [3.63, 3.8) is 0 Å². The summed E-state index contributed by atoms with van der Waals surface area (Å²) >= 11 is 0. The van der Waals surface area contributed by atoms with Crippen LogP contribution in [0.4, 0.5) is 5.82 Å². The van der Waals surface area contributed by atoms with Gasteiger partial charge < -0.3 is 19.3 Å². The zero-order valence-corrected chi connectivity index (χ0v) is 17.5. The largest absolute Gasteiger partial charge is 0.496 e. The van der Waals surface area contributed by atoms with E-state index >= 15 is 0 Å². The first-order valence-corrected chi connectivity index (χ1v) is 10.7. The van der Waals surface area contributed by atoms with Crippen LogP contribution < -0.4 is 9.64 Å². The van der Waals surface area contributed by atoms with Crippen LogP contribution in [0.25, 0.3) is 0 Å². The SMILES string of the molecule is COc1ccncc1C1(OCC(=O)N2CC3CCC(C2)N3c2ccc(C#N)cn2)CC1. The number of aromatic nitrogens is 2. The first kappa shape index (κ1) is 19.8. The summed E-state index contributed by atoms with van der Waals surface area (Å²) < 4.78 is 11.6. The van der Waals surface area contributed by atoms with Gasteiger partial charge in [-0.1, -0.05) is 0 Å². The molecule has 3 aliphatic rings. The van der Waals surface area contributed by atoms with E-state index in [0.29, 0.717) is 18.7 Å². The van der Waals surface area contributed by atoms with Crippen LogP contribution in [-0.2, 0) is 15.1 Å². The molecule has 3 fully saturated rings. The monoisotopic (exact) mass is 419 g/mol. The normalized spacial score (nSPS) is 23.4. The Hall–Kier alpha value is -3.18. The Morgan fingerprint density at radius 3 is 2.61 bits per heavy atom. The molecule has 2 bridgehead atoms. The van der Waals surface area contributed by atoms with Crippen LogP contribution in [0.3, 0.4) is 0 Å². The first-order chi connectivity index (χ1) is 15.1. The first-order valence-electron chi connectivity index (χ1n) is 10.7. The van der Waals surface area contributed by atoms with Crippen molar-refractivity contribution in [3.8, 4) is 11.8 Å². The fourth-order valence-electron chi connectivity index (χ4n) is 4.88. The Morgan fingerprint density at radius 2 is 2.00 bits per heavy atom. The van der Waals surface area contributed by atoms with Crippen LogP contribution >= 0.6 is 0 Å². The van der Waals surface area contributed by atoms with Crippen molar-refractivity contribution in [2.45, 2.75) is 43.4 Å². The molecule has 1 saturated carbocycles. The predicted molar refractivity (Wildman–Crippen MR) is 112 cm³/mol. The number of ether oxygens (including phenoxy) is 2. The molecule has 0 N–H and O–H groups in total. The minimum atomic E-state index is -0.456. The minimum absolute atomic E-state index is 0.0264. The van der Waals surface area contributed by atoms with E-state index in [1.165, 1.54) is 0 Å². The zero-order valence-electron chi connectivity index (χ0n) is 17.5. The Labute approximate surface area is 181 Å². The van der Waals surface area contributed by atoms with Gasteiger partial charge in [-0.05, 0) is 43.9 Å². The molecule has 160 valence electrons. The topological polar surface area (TPSA) is 91.6 Å². The molecular formula is C23H25N5O3. The Balaban J connectivity index is 1.23. The molecule has 5 rings (SSSR count). The molecule has 1 amide bonds. The van der Waals surface area contributed by atoms with Crippen LogP contribution in [0.5, 0.6) is 5.75 Å². The lowest BCUT2D eigenvalue weighted by molar-refractivity contribution is -0.140. The number of methoxy groups -OCH3 is 1. The number of fused-ring (bicyclic) bond motifs is 2. The summed E-state index contributed by atoms with van der Waals surface area (Å²) in [5, 5.41) is 9.00. The van der Waals surface area contributed by atoms with Gasteiger partial charge >= 0.3 is 0 Å². The van der Waals surface area contributed by atoms with E-state index in [1.54, 1.807) is 31.8 Å². The Bertz CT molecular complexity index is 1000. The molecule has 8 nitrogen and oxygen atoms in total. The van der Waals surface area contributed by atoms with E-state index in [0.717, 1.165) is 42.8 Å². The van der Waals surface area contributed by atoms with Crippen LogP contribution in [0.15, 0.2) is 36.8 Å². The molecule has 31 heavy (non-hydrogen) atoms. The number of hydrogen-bond acceptors (Lipinski definition) is 7. The number of pyridine rings is 2. The van der Waals surface area contributed by atoms with E-state index in [2.05, 4.69) is 20.9 Å². The summed E-state index contributed by atoms with van der Waals surface area (Å²) in [6, 6.07) is 8.14. The predicted octanol–water partition coefficient (Wildman–Crippen LogP) is 2.24. The van der Waals surface area contributed by atoms with E-state index < -0.39 is 5.60 Å². The standard InChI is InChI=1S/C23H25N5O3/c1-30-20-6-9-25-12-19(20)23(7-8-23)31-15-22(29)27-13-17-3-4-18(14-27)28(17)21-5-2-16(10-24)11-26-21/h2,5-6,9,11-12,17-18H,3-4,7-8,13-15H2,1H3. The van der Waals surface area contributed by atoms with Crippen LogP contribution in [-0.4, -0.2) is 59.7 Å². The van der Waals surface area contributed by atoms with Crippen molar-refractivity contribution >= 4 is 11.7 Å². The van der Waals surface area contributed by atoms with Gasteiger partial charge in [0.1, 0.15) is 24.2 Å². The highest BCUT2D eigenvalue weighted by Gasteiger charge is 2.49.